The fourth-order valence-corrected chi connectivity index (χ4v) is 12.1. The number of aliphatic hydroxyl groups excluding tert-OH is 2. The first-order valence-corrected chi connectivity index (χ1v) is 33.6. The van der Waals surface area contributed by atoms with Crippen molar-refractivity contribution in [3.8, 4) is 0 Å². The van der Waals surface area contributed by atoms with Crippen LogP contribution < -0.4 is 30.3 Å². The summed E-state index contributed by atoms with van der Waals surface area (Å²) < 4.78 is 103. The average Bonchev–Trinajstić information content (AvgIpc) is 2.62. The summed E-state index contributed by atoms with van der Waals surface area (Å²) >= 11 is 0. The predicted octanol–water partition coefficient (Wildman–Crippen LogP) is 10.6. The highest BCUT2D eigenvalue weighted by molar-refractivity contribution is 7.92. The van der Waals surface area contributed by atoms with Gasteiger partial charge in [-0.3, -0.25) is 13.4 Å². The number of aryl methyl sites for hydroxylation is 2. The Labute approximate surface area is 523 Å². The lowest BCUT2D eigenvalue weighted by Gasteiger charge is -2.31. The second kappa shape index (κ2) is 30.9. The fraction of sp³-hybridized carbons (Fsp3) is 0.441. The van der Waals surface area contributed by atoms with E-state index in [-0.39, 0.29) is 59.0 Å². The standard InChI is InChI=1S/C34H43F2N3O4S.C25H34F2N2O.C9H11NO4S/c1-34(2,3)20-22-12-13-24-8-7-11-30(29(24)16-22)37-21-32(40)31(17-23-14-26(35)19-27(36)15-23)38-33(41)25-9-6-10-28(18-25)39(4)44(5,42)43;1-25(2,3)14-16-7-8-18-5-4-6-23(21(18)11-16)29-15-24(30)22(28)12-17-9-19(26)13-20(27)10-17;1-10(15(2,13)14)8-5-3-4-7(6-8)9(11)12/h6,9-10,12-16,18-19,30-32,37,40H,7-8,11,17,20-21H2,1-5H3,(H,38,41);7-11,13,22-24,29-30H,4-6,12,14-15,28H2,1-3H3;3-6H,1-2H3,(H,11,12)/t30-,31-,32+;22-,23-,24+;/m00./s1. The van der Waals surface area contributed by atoms with Crippen molar-refractivity contribution in [2.45, 2.75) is 142 Å². The van der Waals surface area contributed by atoms with Gasteiger partial charge in [-0.25, -0.2) is 39.2 Å². The number of nitrogens with one attached hydrogen (secondary N) is 3. The van der Waals surface area contributed by atoms with E-state index in [1.807, 2.05) is 0 Å². The number of nitrogens with zero attached hydrogens (tertiary/aromatic N) is 2. The number of nitrogens with two attached hydrogens (primary N) is 1. The first-order chi connectivity index (χ1) is 41.5. The molecule has 89 heavy (non-hydrogen) atoms. The molecule has 6 aromatic carbocycles. The number of aromatic carboxylic acids is 1. The molecule has 6 aromatic rings. The van der Waals surface area contributed by atoms with Crippen molar-refractivity contribution in [3.63, 3.8) is 0 Å². The number of sulfonamides is 2. The number of amides is 1. The van der Waals surface area contributed by atoms with Gasteiger partial charge in [0.25, 0.3) is 5.91 Å². The summed E-state index contributed by atoms with van der Waals surface area (Å²) in [5.74, 6) is -4.40. The minimum Gasteiger partial charge on any atom is -0.478 e. The van der Waals surface area contributed by atoms with Gasteiger partial charge in [-0.2, -0.15) is 0 Å². The van der Waals surface area contributed by atoms with Gasteiger partial charge in [0.15, 0.2) is 0 Å². The number of anilines is 2. The maximum absolute atomic E-state index is 14.0. The number of hydrogen-bond donors (Lipinski definition) is 7. The number of aliphatic hydroxyl groups is 2. The number of carboxylic acids is 1. The van der Waals surface area contributed by atoms with E-state index in [4.69, 9.17) is 10.8 Å². The molecule has 15 nitrogen and oxygen atoms in total. The van der Waals surface area contributed by atoms with Crippen molar-refractivity contribution in [1.82, 2.24) is 16.0 Å². The van der Waals surface area contributed by atoms with Gasteiger partial charge in [-0.1, -0.05) is 90.1 Å². The van der Waals surface area contributed by atoms with Crippen molar-refractivity contribution >= 4 is 43.3 Å². The molecule has 0 bridgehead atoms. The van der Waals surface area contributed by atoms with Crippen molar-refractivity contribution in [1.29, 1.82) is 0 Å². The molecule has 0 heterocycles. The lowest BCUT2D eigenvalue weighted by atomic mass is 9.82. The maximum Gasteiger partial charge on any atom is 0.335 e. The van der Waals surface area contributed by atoms with Gasteiger partial charge < -0.3 is 37.0 Å². The second-order valence-corrected chi connectivity index (χ2v) is 30.0. The largest absolute Gasteiger partial charge is 0.478 e. The molecule has 8 N–H and O–H groups in total. The third-order valence-electron chi connectivity index (χ3n) is 15.6. The SMILES string of the molecule is CC(C)(C)Cc1ccc2c(c1)[C@@H](NC[C@@H](O)[C@@H](N)Cc1cc(F)cc(F)c1)CCC2.CN(c1cccc(C(=O)N[C@@H](Cc2cc(F)cc(F)c2)[C@H](O)CN[C@H]2CCCc3ccc(CC(C)(C)C)cc32)c1)S(C)(=O)=O.CN(c1cccc(C(=O)O)c1)S(C)(=O)=O. The number of hydrogen-bond acceptors (Lipinski definition) is 11. The topological polar surface area (TPSA) is 232 Å². The number of carbonyl (C=O) groups is 2. The summed E-state index contributed by atoms with van der Waals surface area (Å²) in [6, 6.07) is 30.4. The number of rotatable bonds is 21. The predicted molar refractivity (Wildman–Crippen MR) is 344 cm³/mol. The first-order valence-electron chi connectivity index (χ1n) is 29.9. The monoisotopic (exact) mass is 1270 g/mol. The zero-order valence-corrected chi connectivity index (χ0v) is 54.2. The number of halogens is 4. The summed E-state index contributed by atoms with van der Waals surface area (Å²) in [5.41, 5.74) is 15.9. The molecule has 0 radical (unpaired) electrons. The Balaban J connectivity index is 0.000000240. The molecule has 0 aromatic heterocycles. The van der Waals surface area contributed by atoms with Crippen LogP contribution >= 0.6 is 0 Å². The zero-order valence-electron chi connectivity index (χ0n) is 52.6. The molecule has 0 unspecified atom stereocenters. The quantitative estimate of drug-likeness (QED) is 0.0334. The molecule has 0 saturated carbocycles. The number of carbonyl (C=O) groups excluding carboxylic acids is 1. The van der Waals surface area contributed by atoms with Crippen LogP contribution in [0.25, 0.3) is 0 Å². The van der Waals surface area contributed by atoms with Gasteiger partial charge in [0, 0.05) is 63.0 Å². The minimum absolute atomic E-state index is 0.0134. The molecule has 21 heteroatoms. The molecule has 2 aliphatic rings. The minimum atomic E-state index is -3.55. The van der Waals surface area contributed by atoms with Gasteiger partial charge in [-0.15, -0.1) is 0 Å². The van der Waals surface area contributed by atoms with Crippen LogP contribution in [0.15, 0.2) is 121 Å². The van der Waals surface area contributed by atoms with Crippen molar-refractivity contribution in [2.24, 2.45) is 16.6 Å². The molecule has 0 saturated heterocycles. The van der Waals surface area contributed by atoms with E-state index in [1.165, 1.54) is 108 Å². The van der Waals surface area contributed by atoms with Crippen LogP contribution in [0.4, 0.5) is 28.9 Å². The van der Waals surface area contributed by atoms with Crippen LogP contribution in [0.1, 0.15) is 145 Å². The van der Waals surface area contributed by atoms with Gasteiger partial charge >= 0.3 is 5.97 Å². The molecule has 8 rings (SSSR count). The highest BCUT2D eigenvalue weighted by atomic mass is 32.2. The lowest BCUT2D eigenvalue weighted by molar-refractivity contribution is 0.0696. The maximum atomic E-state index is 14.0. The molecule has 6 atom stereocenters. The highest BCUT2D eigenvalue weighted by Crippen LogP contribution is 2.34. The molecular weight excluding hydrogens is 1180 g/mol. The third-order valence-corrected chi connectivity index (χ3v) is 18.0. The highest BCUT2D eigenvalue weighted by Gasteiger charge is 2.29. The number of carboxylic acid groups (broad SMARTS) is 1. The van der Waals surface area contributed by atoms with Crippen LogP contribution in [-0.2, 0) is 58.6 Å². The van der Waals surface area contributed by atoms with E-state index in [0.717, 1.165) is 84.6 Å². The van der Waals surface area contributed by atoms with Crippen LogP contribution in [0.2, 0.25) is 0 Å². The summed E-state index contributed by atoms with van der Waals surface area (Å²) in [4.78, 5) is 24.0. The number of benzene rings is 6. The Morgan fingerprint density at radius 1 is 0.573 bits per heavy atom. The van der Waals surface area contributed by atoms with Crippen molar-refractivity contribution < 1.29 is 59.3 Å². The Morgan fingerprint density at radius 2 is 0.978 bits per heavy atom. The van der Waals surface area contributed by atoms with E-state index < -0.39 is 79.5 Å². The molecule has 2 aliphatic carbocycles. The summed E-state index contributed by atoms with van der Waals surface area (Å²) in [6.07, 6.45) is 8.45. The lowest BCUT2D eigenvalue weighted by Crippen LogP contribution is -2.49. The van der Waals surface area contributed by atoms with Crippen LogP contribution in [0.5, 0.6) is 0 Å². The molecule has 0 spiro atoms. The van der Waals surface area contributed by atoms with Gasteiger partial charge in [0.05, 0.1) is 47.7 Å². The molecule has 0 aliphatic heterocycles. The van der Waals surface area contributed by atoms with Gasteiger partial charge in [-0.05, 0) is 180 Å². The van der Waals surface area contributed by atoms with Gasteiger partial charge in [0.2, 0.25) is 20.0 Å². The van der Waals surface area contributed by atoms with Crippen LogP contribution in [0, 0.1) is 34.1 Å². The summed E-state index contributed by atoms with van der Waals surface area (Å²) in [6.45, 7) is 13.8. The van der Waals surface area contributed by atoms with Gasteiger partial charge in [0.1, 0.15) is 23.3 Å². The van der Waals surface area contributed by atoms with E-state index in [1.54, 1.807) is 12.1 Å². The Hall–Kier alpha value is -6.72. The number of fused-ring (bicyclic) bond motifs is 2. The van der Waals surface area contributed by atoms with E-state index in [0.29, 0.717) is 23.5 Å². The Bertz CT molecular complexity index is 3600. The smallest absolute Gasteiger partial charge is 0.335 e. The Kier molecular flexibility index (Phi) is 24.7. The van der Waals surface area contributed by atoms with Crippen LogP contribution in [0.3, 0.4) is 0 Å². The van der Waals surface area contributed by atoms with E-state index in [9.17, 15) is 54.2 Å². The van der Waals surface area contributed by atoms with Crippen LogP contribution in [-0.4, -0.2) is 108 Å². The molecular formula is C68H88F4N6O9S2. The molecule has 484 valence electrons. The first kappa shape index (κ1) is 71.4. The van der Waals surface area contributed by atoms with E-state index >= 15 is 0 Å². The second-order valence-electron chi connectivity index (χ2n) is 26.0. The molecule has 1 amide bonds. The zero-order chi connectivity index (χ0) is 65.8. The molecule has 0 fully saturated rings. The average molecular weight is 1270 g/mol. The Morgan fingerprint density at radius 3 is 1.39 bits per heavy atom. The van der Waals surface area contributed by atoms with Crippen molar-refractivity contribution in [3.05, 3.63) is 200 Å². The summed E-state index contributed by atoms with van der Waals surface area (Å²) in [5, 5.41) is 40.4. The fourth-order valence-electron chi connectivity index (χ4n) is 11.1. The normalized spacial score (nSPS) is 16.4. The van der Waals surface area contributed by atoms with E-state index in [2.05, 4.69) is 93.9 Å². The third kappa shape index (κ3) is 22.3. The van der Waals surface area contributed by atoms with Crippen molar-refractivity contribution in [2.75, 3.05) is 48.3 Å². The summed E-state index contributed by atoms with van der Waals surface area (Å²) in [7, 11) is -4.15.